The molecule has 0 aliphatic carbocycles. The monoisotopic (exact) mass is 266 g/mol. The summed E-state index contributed by atoms with van der Waals surface area (Å²) in [4.78, 5) is 24.3. The fourth-order valence-corrected chi connectivity index (χ4v) is 2.12. The lowest BCUT2D eigenvalue weighted by Gasteiger charge is -2.30. The number of methoxy groups -OCH3 is 1. The van der Waals surface area contributed by atoms with Crippen molar-refractivity contribution in [2.45, 2.75) is 25.4 Å². The van der Waals surface area contributed by atoms with Gasteiger partial charge in [0.2, 0.25) is 5.91 Å². The summed E-state index contributed by atoms with van der Waals surface area (Å²) in [6.45, 7) is 1.23. The van der Waals surface area contributed by atoms with Crippen LogP contribution in [0.1, 0.15) is 29.0 Å². The summed E-state index contributed by atoms with van der Waals surface area (Å²) in [7, 11) is 3.14. The molecule has 6 heteroatoms. The first-order valence-corrected chi connectivity index (χ1v) is 6.23. The molecule has 2 rings (SSSR count). The maximum atomic E-state index is 11.4. The number of rotatable bonds is 4. The van der Waals surface area contributed by atoms with Gasteiger partial charge in [0.15, 0.2) is 0 Å². The fraction of sp³-hybridized carbons (Fsp3) is 0.538. The van der Waals surface area contributed by atoms with Crippen molar-refractivity contribution in [2.24, 2.45) is 0 Å². The zero-order valence-electron chi connectivity index (χ0n) is 11.1. The minimum Gasteiger partial charge on any atom is -0.467 e. The number of likely N-dealkylation sites (tertiary alicyclic amines) is 1. The van der Waals surface area contributed by atoms with Gasteiger partial charge in [0.1, 0.15) is 12.0 Å². The average Bonchev–Trinajstić information content (AvgIpc) is 2.88. The average molecular weight is 266 g/mol. The Kier molecular flexibility index (Phi) is 4.21. The first-order chi connectivity index (χ1) is 9.10. The molecule has 0 bridgehead atoms. The molecule has 1 fully saturated rings. The Morgan fingerprint density at radius 1 is 1.63 bits per heavy atom. The van der Waals surface area contributed by atoms with E-state index in [1.165, 1.54) is 13.4 Å². The van der Waals surface area contributed by atoms with Crippen LogP contribution < -0.4 is 5.32 Å². The molecule has 6 nitrogen and oxygen atoms in total. The van der Waals surface area contributed by atoms with Crippen molar-refractivity contribution in [3.8, 4) is 0 Å². The Balaban J connectivity index is 1.84. The maximum Gasteiger partial charge on any atom is 0.341 e. The van der Waals surface area contributed by atoms with Gasteiger partial charge in [0, 0.05) is 26.1 Å². The summed E-state index contributed by atoms with van der Waals surface area (Å²) in [5.41, 5.74) is 0.412. The molecule has 1 aromatic rings. The number of ether oxygens (including phenoxy) is 1. The molecular weight excluding hydrogens is 248 g/mol. The molecule has 1 saturated heterocycles. The number of nitrogens with zero attached hydrogens (tertiary/aromatic N) is 1. The van der Waals surface area contributed by atoms with Crippen LogP contribution in [0.3, 0.4) is 0 Å². The van der Waals surface area contributed by atoms with Gasteiger partial charge in [-0.2, -0.15) is 0 Å². The van der Waals surface area contributed by atoms with E-state index in [1.807, 2.05) is 0 Å². The number of piperidine rings is 1. The molecule has 104 valence electrons. The van der Waals surface area contributed by atoms with Crippen LogP contribution in [0.15, 0.2) is 16.7 Å². The summed E-state index contributed by atoms with van der Waals surface area (Å²) < 4.78 is 9.89. The van der Waals surface area contributed by atoms with Crippen LogP contribution in [-0.4, -0.2) is 43.5 Å². The molecule has 1 unspecified atom stereocenters. The lowest BCUT2D eigenvalue weighted by Crippen LogP contribution is -2.46. The van der Waals surface area contributed by atoms with Crippen LogP contribution in [0.2, 0.25) is 0 Å². The first-order valence-electron chi connectivity index (χ1n) is 6.23. The number of nitrogens with one attached hydrogen (secondary N) is 1. The van der Waals surface area contributed by atoms with Gasteiger partial charge in [0.25, 0.3) is 0 Å². The minimum atomic E-state index is -0.405. The van der Waals surface area contributed by atoms with E-state index in [2.05, 4.69) is 10.1 Å². The van der Waals surface area contributed by atoms with Crippen molar-refractivity contribution >= 4 is 11.9 Å². The molecule has 0 radical (unpaired) electrons. The standard InChI is InChI=1S/C13H18N2O4/c1-15-7-10(3-4-12(15)16)14-6-11-5-9(8-19-11)13(17)18-2/h5,8,10,14H,3-4,6-7H2,1-2H3. The molecule has 1 aliphatic heterocycles. The highest BCUT2D eigenvalue weighted by Gasteiger charge is 2.22. The third kappa shape index (κ3) is 3.35. The number of amides is 1. The fourth-order valence-electron chi connectivity index (χ4n) is 2.12. The van der Waals surface area contributed by atoms with Crippen molar-refractivity contribution < 1.29 is 18.7 Å². The molecule has 0 spiro atoms. The highest BCUT2D eigenvalue weighted by molar-refractivity contribution is 5.88. The van der Waals surface area contributed by atoms with Crippen LogP contribution in [0.25, 0.3) is 0 Å². The zero-order chi connectivity index (χ0) is 13.8. The topological polar surface area (TPSA) is 71.8 Å². The normalized spacial score (nSPS) is 19.6. The third-order valence-electron chi connectivity index (χ3n) is 3.27. The number of carbonyl (C=O) groups excluding carboxylic acids is 2. The van der Waals surface area contributed by atoms with E-state index in [-0.39, 0.29) is 11.9 Å². The van der Waals surface area contributed by atoms with Gasteiger partial charge in [-0.15, -0.1) is 0 Å². The zero-order valence-corrected chi connectivity index (χ0v) is 11.1. The Labute approximate surface area is 111 Å². The molecule has 1 amide bonds. The summed E-state index contributed by atoms with van der Waals surface area (Å²) in [6.07, 6.45) is 2.78. The van der Waals surface area contributed by atoms with E-state index in [9.17, 15) is 9.59 Å². The Hall–Kier alpha value is -1.82. The van der Waals surface area contributed by atoms with Gasteiger partial charge in [-0.3, -0.25) is 4.79 Å². The highest BCUT2D eigenvalue weighted by Crippen LogP contribution is 2.12. The van der Waals surface area contributed by atoms with Crippen molar-refractivity contribution in [3.63, 3.8) is 0 Å². The largest absolute Gasteiger partial charge is 0.467 e. The van der Waals surface area contributed by atoms with Gasteiger partial charge < -0.3 is 19.4 Å². The SMILES string of the molecule is COC(=O)c1coc(CNC2CCC(=O)N(C)C2)c1. The Morgan fingerprint density at radius 3 is 3.11 bits per heavy atom. The molecule has 1 aliphatic rings. The van der Waals surface area contributed by atoms with Crippen LogP contribution in [-0.2, 0) is 16.1 Å². The number of likely N-dealkylation sites (N-methyl/N-ethyl adjacent to an activating group) is 1. The lowest BCUT2D eigenvalue weighted by molar-refractivity contribution is -0.132. The first kappa shape index (κ1) is 13.6. The van der Waals surface area contributed by atoms with Gasteiger partial charge in [-0.05, 0) is 12.5 Å². The van der Waals surface area contributed by atoms with Crippen molar-refractivity contribution in [3.05, 3.63) is 23.7 Å². The second kappa shape index (κ2) is 5.88. The van der Waals surface area contributed by atoms with Crippen LogP contribution >= 0.6 is 0 Å². The molecule has 2 heterocycles. The van der Waals surface area contributed by atoms with Crippen LogP contribution in [0, 0.1) is 0 Å². The minimum absolute atomic E-state index is 0.184. The number of hydrogen-bond donors (Lipinski definition) is 1. The van der Waals surface area contributed by atoms with Gasteiger partial charge in [-0.1, -0.05) is 0 Å². The number of furan rings is 1. The Bertz CT molecular complexity index is 469. The quantitative estimate of drug-likeness (QED) is 0.815. The molecule has 1 N–H and O–H groups in total. The van der Waals surface area contributed by atoms with E-state index in [1.54, 1.807) is 18.0 Å². The van der Waals surface area contributed by atoms with Crippen LogP contribution in [0.4, 0.5) is 0 Å². The number of hydrogen-bond acceptors (Lipinski definition) is 5. The van der Waals surface area contributed by atoms with Gasteiger partial charge in [-0.25, -0.2) is 4.79 Å². The summed E-state index contributed by atoms with van der Waals surface area (Å²) in [5.74, 6) is 0.460. The molecule has 1 aromatic heterocycles. The number of carbonyl (C=O) groups is 2. The summed E-state index contributed by atoms with van der Waals surface area (Å²) in [5, 5.41) is 3.32. The Morgan fingerprint density at radius 2 is 2.42 bits per heavy atom. The molecule has 1 atom stereocenters. The summed E-state index contributed by atoms with van der Waals surface area (Å²) in [6, 6.07) is 1.92. The van der Waals surface area contributed by atoms with E-state index in [0.29, 0.717) is 30.8 Å². The lowest BCUT2D eigenvalue weighted by atomic mass is 10.1. The predicted octanol–water partition coefficient (Wildman–Crippen LogP) is 0.777. The maximum absolute atomic E-state index is 11.4. The second-order valence-corrected chi connectivity index (χ2v) is 4.68. The number of esters is 1. The third-order valence-corrected chi connectivity index (χ3v) is 3.27. The smallest absolute Gasteiger partial charge is 0.341 e. The van der Waals surface area contributed by atoms with E-state index < -0.39 is 5.97 Å². The molecule has 0 aromatic carbocycles. The van der Waals surface area contributed by atoms with E-state index in [0.717, 1.165) is 6.42 Å². The second-order valence-electron chi connectivity index (χ2n) is 4.68. The summed E-state index contributed by atoms with van der Waals surface area (Å²) >= 11 is 0. The molecule has 19 heavy (non-hydrogen) atoms. The van der Waals surface area contributed by atoms with Gasteiger partial charge >= 0.3 is 5.97 Å². The highest BCUT2D eigenvalue weighted by atomic mass is 16.5. The van der Waals surface area contributed by atoms with Crippen molar-refractivity contribution in [1.82, 2.24) is 10.2 Å². The molecule has 0 saturated carbocycles. The van der Waals surface area contributed by atoms with Gasteiger partial charge in [0.05, 0.1) is 19.2 Å². The molecular formula is C13H18N2O4. The van der Waals surface area contributed by atoms with Crippen LogP contribution in [0.5, 0.6) is 0 Å². The predicted molar refractivity (Wildman–Crippen MR) is 67.5 cm³/mol. The van der Waals surface area contributed by atoms with Crippen molar-refractivity contribution in [1.29, 1.82) is 0 Å². The van der Waals surface area contributed by atoms with E-state index in [4.69, 9.17) is 4.42 Å². The van der Waals surface area contributed by atoms with E-state index >= 15 is 0 Å². The van der Waals surface area contributed by atoms with Crippen molar-refractivity contribution in [2.75, 3.05) is 20.7 Å².